The molecule has 0 aromatic rings. The Hall–Kier alpha value is -0.260. The third kappa shape index (κ3) is 5.40. The van der Waals surface area contributed by atoms with Crippen LogP contribution >= 0.6 is 12.6 Å². The van der Waals surface area contributed by atoms with E-state index in [4.69, 9.17) is 4.74 Å². The van der Waals surface area contributed by atoms with Crippen LogP contribution in [0.3, 0.4) is 0 Å². The predicted octanol–water partition coefficient (Wildman–Crippen LogP) is 1.16. The number of esters is 1. The molecule has 0 aliphatic heterocycles. The van der Waals surface area contributed by atoms with Gasteiger partial charge in [0.05, 0.1) is 13.7 Å². The molecule has 0 N–H and O–H groups in total. The lowest BCUT2D eigenvalue weighted by atomic mass is 10.4. The van der Waals surface area contributed by atoms with Gasteiger partial charge in [-0.1, -0.05) is 13.3 Å². The maximum Gasteiger partial charge on any atom is 0.349 e. The Morgan fingerprint density at radius 3 is 2.75 bits per heavy atom. The second kappa shape index (κ2) is 7.39. The van der Waals surface area contributed by atoms with E-state index in [1.807, 2.05) is 6.92 Å². The fourth-order valence-corrected chi connectivity index (χ4v) is 0.679. The Labute approximate surface area is 77.5 Å². The van der Waals surface area contributed by atoms with Gasteiger partial charge < -0.3 is 4.74 Å². The average Bonchev–Trinajstić information content (AvgIpc) is 2.05. The highest BCUT2D eigenvalue weighted by molar-refractivity contribution is 7.81. The first-order chi connectivity index (χ1) is 5.72. The van der Waals surface area contributed by atoms with Crippen molar-refractivity contribution < 1.29 is 19.3 Å². The molecule has 12 heavy (non-hydrogen) atoms. The summed E-state index contributed by atoms with van der Waals surface area (Å²) in [6.07, 6.45) is 1.83. The van der Waals surface area contributed by atoms with Crippen molar-refractivity contribution in [1.82, 2.24) is 0 Å². The summed E-state index contributed by atoms with van der Waals surface area (Å²) in [5.74, 6) is -0.520. The van der Waals surface area contributed by atoms with E-state index in [0.717, 1.165) is 12.8 Å². The number of carbonyl (C=O) groups is 1. The predicted molar refractivity (Wildman–Crippen MR) is 46.7 cm³/mol. The quantitative estimate of drug-likeness (QED) is 0.172. The van der Waals surface area contributed by atoms with E-state index in [0.29, 0.717) is 6.61 Å². The van der Waals surface area contributed by atoms with Gasteiger partial charge in [-0.05, 0) is 6.42 Å². The van der Waals surface area contributed by atoms with Crippen LogP contribution in [-0.2, 0) is 19.3 Å². The maximum absolute atomic E-state index is 10.9. The molecule has 1 atom stereocenters. The van der Waals surface area contributed by atoms with Gasteiger partial charge in [0.25, 0.3) is 0 Å². The number of carbonyl (C=O) groups excluding carboxylic acids is 1. The van der Waals surface area contributed by atoms with E-state index >= 15 is 0 Å². The van der Waals surface area contributed by atoms with Gasteiger partial charge in [0.15, 0.2) is 0 Å². The van der Waals surface area contributed by atoms with Crippen LogP contribution in [0.25, 0.3) is 0 Å². The third-order valence-corrected chi connectivity index (χ3v) is 1.43. The SMILES string of the molecule is CCCCOC(=O)C(S)OOC. The smallest absolute Gasteiger partial charge is 0.349 e. The molecule has 4 nitrogen and oxygen atoms in total. The summed E-state index contributed by atoms with van der Waals surface area (Å²) >= 11 is 3.79. The van der Waals surface area contributed by atoms with Gasteiger partial charge in [-0.25, -0.2) is 14.6 Å². The van der Waals surface area contributed by atoms with E-state index < -0.39 is 11.4 Å². The Balaban J connectivity index is 3.43. The highest BCUT2D eigenvalue weighted by Gasteiger charge is 2.15. The minimum absolute atomic E-state index is 0.402. The molecule has 0 aliphatic carbocycles. The summed E-state index contributed by atoms with van der Waals surface area (Å²) in [4.78, 5) is 19.6. The molecular weight excluding hydrogens is 180 g/mol. The van der Waals surface area contributed by atoms with Crippen LogP contribution in [0.2, 0.25) is 0 Å². The van der Waals surface area contributed by atoms with Gasteiger partial charge in [0, 0.05) is 0 Å². The van der Waals surface area contributed by atoms with Crippen molar-refractivity contribution in [2.45, 2.75) is 25.2 Å². The van der Waals surface area contributed by atoms with Gasteiger partial charge >= 0.3 is 5.97 Å². The number of unbranched alkanes of at least 4 members (excludes halogenated alkanes) is 1. The molecule has 0 rings (SSSR count). The summed E-state index contributed by atoms with van der Waals surface area (Å²) in [6.45, 7) is 2.41. The monoisotopic (exact) mass is 194 g/mol. The molecule has 0 spiro atoms. The molecule has 0 amide bonds. The van der Waals surface area contributed by atoms with Crippen molar-refractivity contribution in [1.29, 1.82) is 0 Å². The highest BCUT2D eigenvalue weighted by Crippen LogP contribution is 2.01. The average molecular weight is 194 g/mol. The van der Waals surface area contributed by atoms with Crippen molar-refractivity contribution in [3.05, 3.63) is 0 Å². The van der Waals surface area contributed by atoms with Crippen molar-refractivity contribution in [3.63, 3.8) is 0 Å². The zero-order valence-electron chi connectivity index (χ0n) is 7.28. The van der Waals surface area contributed by atoms with E-state index in [1.165, 1.54) is 7.11 Å². The summed E-state index contributed by atoms with van der Waals surface area (Å²) in [6, 6.07) is 0. The molecule has 0 fully saturated rings. The van der Waals surface area contributed by atoms with E-state index in [2.05, 4.69) is 22.4 Å². The Bertz CT molecular complexity index is 129. The van der Waals surface area contributed by atoms with Crippen LogP contribution < -0.4 is 0 Å². The van der Waals surface area contributed by atoms with Gasteiger partial charge in [0.1, 0.15) is 0 Å². The molecule has 0 aromatic heterocycles. The molecule has 0 aliphatic rings. The molecule has 1 unspecified atom stereocenters. The van der Waals surface area contributed by atoms with Crippen molar-refractivity contribution in [2.24, 2.45) is 0 Å². The molecule has 0 radical (unpaired) electrons. The van der Waals surface area contributed by atoms with Crippen LogP contribution in [0.4, 0.5) is 0 Å². The molecule has 0 saturated heterocycles. The normalized spacial score (nSPS) is 12.6. The zero-order valence-corrected chi connectivity index (χ0v) is 8.17. The Morgan fingerprint density at radius 1 is 1.58 bits per heavy atom. The summed E-state index contributed by atoms with van der Waals surface area (Å²) < 4.78 is 4.78. The first-order valence-corrected chi connectivity index (χ1v) is 4.28. The maximum atomic E-state index is 10.9. The van der Waals surface area contributed by atoms with Gasteiger partial charge in [-0.15, -0.1) is 12.6 Å². The van der Waals surface area contributed by atoms with E-state index in [-0.39, 0.29) is 0 Å². The van der Waals surface area contributed by atoms with Crippen LogP contribution in [0.15, 0.2) is 0 Å². The minimum atomic E-state index is -0.952. The van der Waals surface area contributed by atoms with Crippen molar-refractivity contribution in [2.75, 3.05) is 13.7 Å². The second-order valence-electron chi connectivity index (χ2n) is 2.14. The lowest BCUT2D eigenvalue weighted by Gasteiger charge is -2.08. The molecule has 5 heteroatoms. The molecule has 0 aromatic carbocycles. The summed E-state index contributed by atoms with van der Waals surface area (Å²) in [5.41, 5.74) is -0.952. The minimum Gasteiger partial charge on any atom is -0.463 e. The van der Waals surface area contributed by atoms with Gasteiger partial charge in [0.2, 0.25) is 5.44 Å². The van der Waals surface area contributed by atoms with Gasteiger partial charge in [-0.2, -0.15) is 0 Å². The number of ether oxygens (including phenoxy) is 1. The molecule has 72 valence electrons. The van der Waals surface area contributed by atoms with Gasteiger partial charge in [-0.3, -0.25) is 0 Å². The molecule has 0 saturated carbocycles. The highest BCUT2D eigenvalue weighted by atomic mass is 32.1. The molecular formula is C7H14O4S. The third-order valence-electron chi connectivity index (χ3n) is 1.13. The summed E-state index contributed by atoms with van der Waals surface area (Å²) in [7, 11) is 1.31. The number of thiol groups is 1. The lowest BCUT2D eigenvalue weighted by Crippen LogP contribution is -2.21. The Kier molecular flexibility index (Phi) is 7.23. The van der Waals surface area contributed by atoms with Crippen molar-refractivity contribution >= 4 is 18.6 Å². The Morgan fingerprint density at radius 2 is 2.25 bits per heavy atom. The van der Waals surface area contributed by atoms with Crippen LogP contribution in [0.1, 0.15) is 19.8 Å². The van der Waals surface area contributed by atoms with Crippen LogP contribution in [0.5, 0.6) is 0 Å². The van der Waals surface area contributed by atoms with Crippen molar-refractivity contribution in [3.8, 4) is 0 Å². The second-order valence-corrected chi connectivity index (χ2v) is 2.61. The topological polar surface area (TPSA) is 44.8 Å². The first kappa shape index (κ1) is 11.7. The van der Waals surface area contributed by atoms with Crippen LogP contribution in [0, 0.1) is 0 Å². The fourth-order valence-electron chi connectivity index (χ4n) is 0.519. The number of rotatable bonds is 6. The zero-order chi connectivity index (χ0) is 9.40. The number of hydrogen-bond donors (Lipinski definition) is 1. The molecule has 0 bridgehead atoms. The fraction of sp³-hybridized carbons (Fsp3) is 0.857. The number of hydrogen-bond acceptors (Lipinski definition) is 5. The van der Waals surface area contributed by atoms with Crippen LogP contribution in [-0.4, -0.2) is 25.1 Å². The largest absolute Gasteiger partial charge is 0.463 e. The summed E-state index contributed by atoms with van der Waals surface area (Å²) in [5, 5.41) is 0. The molecule has 0 heterocycles. The first-order valence-electron chi connectivity index (χ1n) is 3.76. The lowest BCUT2D eigenvalue weighted by molar-refractivity contribution is -0.281. The standard InChI is InChI=1S/C7H14O4S/c1-3-4-5-10-6(8)7(12)11-9-2/h7,12H,3-5H2,1-2H3. The van der Waals surface area contributed by atoms with E-state index in [9.17, 15) is 4.79 Å². The van der Waals surface area contributed by atoms with E-state index in [1.54, 1.807) is 0 Å².